The predicted molar refractivity (Wildman–Crippen MR) is 55.2 cm³/mol. The van der Waals surface area contributed by atoms with Gasteiger partial charge in [0, 0.05) is 6.07 Å². The van der Waals surface area contributed by atoms with Gasteiger partial charge in [0.1, 0.15) is 5.69 Å². The molecular weight excluding hydrogens is 180 g/mol. The summed E-state index contributed by atoms with van der Waals surface area (Å²) in [7, 11) is 1.46. The van der Waals surface area contributed by atoms with Gasteiger partial charge in [-0.3, -0.25) is 4.79 Å². The average molecular weight is 192 g/mol. The summed E-state index contributed by atoms with van der Waals surface area (Å²) < 4.78 is 0. The minimum atomic E-state index is -0.321. The van der Waals surface area contributed by atoms with Gasteiger partial charge in [-0.05, 0) is 12.1 Å². The third-order valence-corrected chi connectivity index (χ3v) is 1.75. The van der Waals surface area contributed by atoms with Crippen LogP contribution in [0.1, 0.15) is 0 Å². The second kappa shape index (κ2) is 4.55. The van der Waals surface area contributed by atoms with E-state index in [4.69, 9.17) is 0 Å². The average Bonchev–Trinajstić information content (AvgIpc) is 2.18. The maximum absolute atomic E-state index is 11.2. The molecule has 1 aromatic carbocycles. The number of hydrogen-bond donors (Lipinski definition) is 2. The van der Waals surface area contributed by atoms with Gasteiger partial charge < -0.3 is 15.6 Å². The standard InChI is InChI=1S/C10H12N2O2/c1-3-10(13)11-8-6-4-5-7-9(8)12(2)14/h3-7,12H,1H2,2H3,(H,11,13). The molecule has 0 aromatic heterocycles. The van der Waals surface area contributed by atoms with Gasteiger partial charge in [-0.1, -0.05) is 18.7 Å². The summed E-state index contributed by atoms with van der Waals surface area (Å²) in [5, 5.41) is 13.6. The van der Waals surface area contributed by atoms with Gasteiger partial charge in [0.15, 0.2) is 5.69 Å². The lowest BCUT2D eigenvalue weighted by atomic mass is 10.2. The van der Waals surface area contributed by atoms with Crippen molar-refractivity contribution in [3.63, 3.8) is 0 Å². The van der Waals surface area contributed by atoms with E-state index in [1.54, 1.807) is 24.3 Å². The maximum atomic E-state index is 11.2. The smallest absolute Gasteiger partial charge is 0.247 e. The van der Waals surface area contributed by atoms with Crippen LogP contribution in [0.3, 0.4) is 0 Å². The molecule has 1 aromatic rings. The highest BCUT2D eigenvalue weighted by Gasteiger charge is 2.06. The molecule has 0 fully saturated rings. The van der Waals surface area contributed by atoms with Gasteiger partial charge in [0.25, 0.3) is 0 Å². The summed E-state index contributed by atoms with van der Waals surface area (Å²) in [5.41, 5.74) is 1.02. The minimum Gasteiger partial charge on any atom is -0.629 e. The maximum Gasteiger partial charge on any atom is 0.247 e. The van der Waals surface area contributed by atoms with Crippen molar-refractivity contribution in [2.75, 3.05) is 12.4 Å². The Labute approximate surface area is 82.4 Å². The largest absolute Gasteiger partial charge is 0.629 e. The lowest BCUT2D eigenvalue weighted by Crippen LogP contribution is -2.98. The van der Waals surface area contributed by atoms with Gasteiger partial charge in [0.05, 0.1) is 7.05 Å². The summed E-state index contributed by atoms with van der Waals surface area (Å²) >= 11 is 0. The summed E-state index contributed by atoms with van der Waals surface area (Å²) in [5.74, 6) is -0.321. The number of rotatable bonds is 3. The quantitative estimate of drug-likeness (QED) is 0.540. The van der Waals surface area contributed by atoms with E-state index in [-0.39, 0.29) is 11.0 Å². The number of hydroxylamine groups is 1. The van der Waals surface area contributed by atoms with E-state index >= 15 is 0 Å². The SMILES string of the molecule is C=CC(=O)Nc1ccccc1[NH+](C)[O-]. The molecule has 14 heavy (non-hydrogen) atoms. The fourth-order valence-corrected chi connectivity index (χ4v) is 1.08. The van der Waals surface area contributed by atoms with Gasteiger partial charge >= 0.3 is 0 Å². The highest BCUT2D eigenvalue weighted by atomic mass is 16.5. The molecule has 0 heterocycles. The molecule has 0 saturated heterocycles. The van der Waals surface area contributed by atoms with E-state index in [2.05, 4.69) is 11.9 Å². The van der Waals surface area contributed by atoms with Crippen molar-refractivity contribution in [1.29, 1.82) is 0 Å². The molecule has 74 valence electrons. The summed E-state index contributed by atoms with van der Waals surface area (Å²) in [6.07, 6.45) is 1.16. The number of benzene rings is 1. The Bertz CT molecular complexity index is 348. The molecule has 0 radical (unpaired) electrons. The van der Waals surface area contributed by atoms with Crippen LogP contribution in [0.2, 0.25) is 0 Å². The molecule has 0 bridgehead atoms. The van der Waals surface area contributed by atoms with Crippen molar-refractivity contribution in [2.24, 2.45) is 0 Å². The van der Waals surface area contributed by atoms with Crippen LogP contribution in [0.4, 0.5) is 11.4 Å². The number of hydrogen-bond acceptors (Lipinski definition) is 2. The number of quaternary nitrogens is 1. The summed E-state index contributed by atoms with van der Waals surface area (Å²) in [4.78, 5) is 11.0. The van der Waals surface area contributed by atoms with Crippen molar-refractivity contribution < 1.29 is 9.86 Å². The van der Waals surface area contributed by atoms with Gasteiger partial charge in [-0.15, -0.1) is 0 Å². The number of amides is 1. The second-order valence-electron chi connectivity index (χ2n) is 2.80. The van der Waals surface area contributed by atoms with Crippen molar-refractivity contribution in [2.45, 2.75) is 0 Å². The van der Waals surface area contributed by atoms with E-state index in [1.807, 2.05) is 0 Å². The molecule has 0 aliphatic carbocycles. The lowest BCUT2D eigenvalue weighted by molar-refractivity contribution is -0.750. The molecule has 4 nitrogen and oxygen atoms in total. The second-order valence-corrected chi connectivity index (χ2v) is 2.80. The number of para-hydroxylation sites is 2. The van der Waals surface area contributed by atoms with Crippen molar-refractivity contribution in [1.82, 2.24) is 0 Å². The molecule has 4 heteroatoms. The minimum absolute atomic E-state index is 0.0787. The van der Waals surface area contributed by atoms with Crippen LogP contribution in [0.25, 0.3) is 0 Å². The summed E-state index contributed by atoms with van der Waals surface area (Å²) in [6, 6.07) is 6.85. The highest BCUT2D eigenvalue weighted by molar-refractivity contribution is 6.00. The molecule has 0 aliphatic rings. The Kier molecular flexibility index (Phi) is 3.39. The topological polar surface area (TPSA) is 56.6 Å². The van der Waals surface area contributed by atoms with Crippen LogP contribution < -0.4 is 10.4 Å². The van der Waals surface area contributed by atoms with Crippen LogP contribution in [-0.2, 0) is 4.79 Å². The zero-order valence-corrected chi connectivity index (χ0v) is 7.91. The van der Waals surface area contributed by atoms with Gasteiger partial charge in [-0.2, -0.15) is 0 Å². The van der Waals surface area contributed by atoms with E-state index in [1.165, 1.54) is 7.05 Å². The molecule has 1 unspecified atom stereocenters. The number of anilines is 1. The zero-order valence-electron chi connectivity index (χ0n) is 7.91. The zero-order chi connectivity index (χ0) is 10.6. The Morgan fingerprint density at radius 3 is 2.79 bits per heavy atom. The summed E-state index contributed by atoms with van der Waals surface area (Å²) in [6.45, 7) is 3.33. The molecule has 2 N–H and O–H groups in total. The normalized spacial score (nSPS) is 11.9. The Morgan fingerprint density at radius 1 is 1.57 bits per heavy atom. The van der Waals surface area contributed by atoms with Gasteiger partial charge in [0.2, 0.25) is 5.91 Å². The van der Waals surface area contributed by atoms with Crippen LogP contribution >= 0.6 is 0 Å². The van der Waals surface area contributed by atoms with E-state index in [0.29, 0.717) is 11.4 Å². The van der Waals surface area contributed by atoms with Crippen molar-refractivity contribution in [3.05, 3.63) is 42.1 Å². The highest BCUT2D eigenvalue weighted by Crippen LogP contribution is 2.16. The predicted octanol–water partition coefficient (Wildman–Crippen LogP) is 0.455. The third-order valence-electron chi connectivity index (χ3n) is 1.75. The first kappa shape index (κ1) is 10.4. The fourth-order valence-electron chi connectivity index (χ4n) is 1.08. The molecule has 0 spiro atoms. The third kappa shape index (κ3) is 2.42. The Morgan fingerprint density at radius 2 is 2.21 bits per heavy atom. The molecule has 0 saturated carbocycles. The molecule has 1 atom stereocenters. The number of carbonyl (C=O) groups excluding carboxylic acids is 1. The number of nitrogens with one attached hydrogen (secondary N) is 2. The first-order valence-corrected chi connectivity index (χ1v) is 4.18. The van der Waals surface area contributed by atoms with Gasteiger partial charge in [-0.25, -0.2) is 0 Å². The Hall–Kier alpha value is -1.65. The van der Waals surface area contributed by atoms with Crippen LogP contribution in [-0.4, -0.2) is 13.0 Å². The van der Waals surface area contributed by atoms with E-state index in [9.17, 15) is 10.0 Å². The first-order valence-electron chi connectivity index (χ1n) is 4.18. The molecule has 1 amide bonds. The van der Waals surface area contributed by atoms with Crippen molar-refractivity contribution >= 4 is 17.3 Å². The van der Waals surface area contributed by atoms with Crippen LogP contribution in [0, 0.1) is 5.21 Å². The monoisotopic (exact) mass is 192 g/mol. The number of carbonyl (C=O) groups is 1. The Balaban J connectivity index is 2.95. The first-order chi connectivity index (χ1) is 6.65. The van der Waals surface area contributed by atoms with Crippen molar-refractivity contribution in [3.8, 4) is 0 Å². The molecule has 0 aliphatic heterocycles. The van der Waals surface area contributed by atoms with Crippen LogP contribution in [0.5, 0.6) is 0 Å². The molecular formula is C10H12N2O2. The van der Waals surface area contributed by atoms with E-state index < -0.39 is 0 Å². The van der Waals surface area contributed by atoms with E-state index in [0.717, 1.165) is 6.08 Å². The molecule has 1 rings (SSSR count). The fraction of sp³-hybridized carbons (Fsp3) is 0.100. The lowest BCUT2D eigenvalue weighted by Gasteiger charge is -2.18. The van der Waals surface area contributed by atoms with Crippen LogP contribution in [0.15, 0.2) is 36.9 Å².